The number of carbonyl (C=O) groups is 2. The molecule has 0 aliphatic carbocycles. The summed E-state index contributed by atoms with van der Waals surface area (Å²) in [4.78, 5) is 40.3. The molecule has 208 valence electrons. The molecule has 0 aromatic carbocycles. The number of aromatic nitrogens is 3. The molecule has 2 aromatic heterocycles. The van der Waals surface area contributed by atoms with E-state index in [4.69, 9.17) is 9.72 Å². The van der Waals surface area contributed by atoms with E-state index in [1.54, 1.807) is 15.9 Å². The number of nitrogens with one attached hydrogen (secondary N) is 1. The smallest absolute Gasteiger partial charge is 0.410 e. The van der Waals surface area contributed by atoms with Gasteiger partial charge in [-0.25, -0.2) is 14.8 Å². The van der Waals surface area contributed by atoms with E-state index in [0.29, 0.717) is 38.5 Å². The zero-order chi connectivity index (χ0) is 27.4. The van der Waals surface area contributed by atoms with E-state index in [2.05, 4.69) is 48.6 Å². The highest BCUT2D eigenvalue weighted by atomic mass is 16.6. The molecule has 10 nitrogen and oxygen atoms in total. The van der Waals surface area contributed by atoms with E-state index < -0.39 is 0 Å². The molecule has 1 unspecified atom stereocenters. The maximum absolute atomic E-state index is 12.8. The zero-order valence-electron chi connectivity index (χ0n) is 23.7. The topological polar surface area (TPSA) is 95.8 Å². The molecule has 38 heavy (non-hydrogen) atoms. The lowest BCUT2D eigenvalue weighted by molar-refractivity contribution is -0.125. The van der Waals surface area contributed by atoms with Gasteiger partial charge in [-0.05, 0) is 52.8 Å². The summed E-state index contributed by atoms with van der Waals surface area (Å²) >= 11 is 0. The number of fused-ring (bicyclic) bond motifs is 1. The lowest BCUT2D eigenvalue weighted by atomic mass is 10.0. The van der Waals surface area contributed by atoms with Crippen molar-refractivity contribution in [1.29, 1.82) is 0 Å². The summed E-state index contributed by atoms with van der Waals surface area (Å²) in [5, 5.41) is 3.70. The Hall–Kier alpha value is -3.14. The first-order valence-electron chi connectivity index (χ1n) is 13.8. The molecule has 2 aromatic rings. The molecule has 2 amide bonds. The predicted molar refractivity (Wildman–Crippen MR) is 149 cm³/mol. The van der Waals surface area contributed by atoms with E-state index >= 15 is 0 Å². The second kappa shape index (κ2) is 12.1. The van der Waals surface area contributed by atoms with E-state index in [0.717, 1.165) is 41.9 Å². The summed E-state index contributed by atoms with van der Waals surface area (Å²) in [6.07, 6.45) is 7.13. The van der Waals surface area contributed by atoms with Crippen molar-refractivity contribution in [2.24, 2.45) is 0 Å². The number of anilines is 1. The Kier molecular flexibility index (Phi) is 8.91. The monoisotopic (exact) mass is 525 g/mol. The van der Waals surface area contributed by atoms with Crippen LogP contribution < -0.4 is 5.32 Å². The van der Waals surface area contributed by atoms with Gasteiger partial charge in [-0.3, -0.25) is 4.79 Å². The summed E-state index contributed by atoms with van der Waals surface area (Å²) in [6, 6.07) is 2.64. The Morgan fingerprint density at radius 3 is 2.50 bits per heavy atom. The number of amides is 2. The van der Waals surface area contributed by atoms with Gasteiger partial charge < -0.3 is 29.3 Å². The third-order valence-corrected chi connectivity index (χ3v) is 7.27. The minimum Gasteiger partial charge on any atom is -0.444 e. The van der Waals surface area contributed by atoms with Crippen molar-refractivity contribution in [3.05, 3.63) is 30.2 Å². The second-order valence-electron chi connectivity index (χ2n) is 11.3. The third kappa shape index (κ3) is 6.64. The standard InChI is InChI=1S/C28H43N7O3/c1-19(2)23-16-24(26-27(31-23)35(18-29-26)20(3)4)30-21-9-13-33(14-10-21)28(37)38-22-11-15-34(17-22)25(36)8-7-12-32(5)6/h7-8,16,18-22H,9-15,17H2,1-6H3,(H,30,31)/b8-7+. The molecule has 2 aliphatic heterocycles. The summed E-state index contributed by atoms with van der Waals surface area (Å²) in [5.41, 5.74) is 3.85. The van der Waals surface area contributed by atoms with Crippen LogP contribution in [0.2, 0.25) is 0 Å². The summed E-state index contributed by atoms with van der Waals surface area (Å²) < 4.78 is 7.89. The van der Waals surface area contributed by atoms with Crippen LogP contribution in [0.3, 0.4) is 0 Å². The maximum Gasteiger partial charge on any atom is 0.410 e. The van der Waals surface area contributed by atoms with E-state index in [1.807, 2.05) is 31.4 Å². The zero-order valence-corrected chi connectivity index (χ0v) is 23.7. The van der Waals surface area contributed by atoms with E-state index in [-0.39, 0.29) is 30.2 Å². The van der Waals surface area contributed by atoms with Crippen LogP contribution in [0.4, 0.5) is 10.5 Å². The molecule has 1 atom stereocenters. The van der Waals surface area contributed by atoms with Crippen molar-refractivity contribution < 1.29 is 14.3 Å². The van der Waals surface area contributed by atoms with Crippen LogP contribution in [0, 0.1) is 0 Å². The highest BCUT2D eigenvalue weighted by Gasteiger charge is 2.31. The number of nitrogens with zero attached hydrogens (tertiary/aromatic N) is 6. The highest BCUT2D eigenvalue weighted by Crippen LogP contribution is 2.29. The molecule has 0 radical (unpaired) electrons. The van der Waals surface area contributed by atoms with Gasteiger partial charge in [0.2, 0.25) is 5.91 Å². The molecule has 4 heterocycles. The van der Waals surface area contributed by atoms with Crippen LogP contribution in [0.25, 0.3) is 11.2 Å². The Morgan fingerprint density at radius 2 is 1.84 bits per heavy atom. The first kappa shape index (κ1) is 27.9. The molecule has 0 saturated carbocycles. The van der Waals surface area contributed by atoms with E-state index in [1.165, 1.54) is 0 Å². The highest BCUT2D eigenvalue weighted by molar-refractivity contribution is 5.88. The van der Waals surface area contributed by atoms with Gasteiger partial charge in [0.1, 0.15) is 11.6 Å². The van der Waals surface area contributed by atoms with Gasteiger partial charge in [-0.15, -0.1) is 0 Å². The molecule has 2 saturated heterocycles. The average molecular weight is 526 g/mol. The van der Waals surface area contributed by atoms with Gasteiger partial charge in [-0.2, -0.15) is 0 Å². The molecular weight excluding hydrogens is 482 g/mol. The Labute approximate surface area is 226 Å². The van der Waals surface area contributed by atoms with E-state index in [9.17, 15) is 9.59 Å². The number of pyridine rings is 1. The van der Waals surface area contributed by atoms with Crippen LogP contribution >= 0.6 is 0 Å². The van der Waals surface area contributed by atoms with Crippen LogP contribution in [-0.2, 0) is 9.53 Å². The Morgan fingerprint density at radius 1 is 1.13 bits per heavy atom. The minimum atomic E-state index is -0.282. The lowest BCUT2D eigenvalue weighted by Crippen LogP contribution is -2.44. The number of rotatable bonds is 8. The van der Waals surface area contributed by atoms with Gasteiger partial charge in [0.05, 0.1) is 18.6 Å². The second-order valence-corrected chi connectivity index (χ2v) is 11.3. The van der Waals surface area contributed by atoms with Crippen molar-refractivity contribution in [2.45, 2.75) is 71.1 Å². The van der Waals surface area contributed by atoms with Gasteiger partial charge in [-0.1, -0.05) is 19.9 Å². The maximum atomic E-state index is 12.8. The number of hydrogen-bond acceptors (Lipinski definition) is 7. The average Bonchev–Trinajstić information content (AvgIpc) is 3.51. The molecule has 1 N–H and O–H groups in total. The third-order valence-electron chi connectivity index (χ3n) is 7.27. The van der Waals surface area contributed by atoms with Crippen molar-refractivity contribution in [1.82, 2.24) is 29.2 Å². The first-order valence-corrected chi connectivity index (χ1v) is 13.8. The Bertz CT molecular complexity index is 1150. The van der Waals surface area contributed by atoms with Crippen LogP contribution in [-0.4, -0.2) is 100 Å². The number of imidazole rings is 1. The fraction of sp³-hybridized carbons (Fsp3) is 0.643. The fourth-order valence-corrected chi connectivity index (χ4v) is 4.95. The predicted octanol–water partition coefficient (Wildman–Crippen LogP) is 3.87. The van der Waals surface area contributed by atoms with Gasteiger partial charge in [0.25, 0.3) is 0 Å². The van der Waals surface area contributed by atoms with Crippen molar-refractivity contribution in [2.75, 3.05) is 52.1 Å². The lowest BCUT2D eigenvalue weighted by Gasteiger charge is -2.33. The molecule has 2 aliphatic rings. The largest absolute Gasteiger partial charge is 0.444 e. The minimum absolute atomic E-state index is 0.0265. The number of likely N-dealkylation sites (tertiary alicyclic amines) is 2. The van der Waals surface area contributed by atoms with Gasteiger partial charge in [0, 0.05) is 56.5 Å². The number of ether oxygens (including phenoxy) is 1. The number of likely N-dealkylation sites (N-methyl/N-ethyl adjacent to an activating group) is 1. The number of hydrogen-bond donors (Lipinski definition) is 1. The number of piperidine rings is 1. The fourth-order valence-electron chi connectivity index (χ4n) is 4.95. The van der Waals surface area contributed by atoms with Crippen LogP contribution in [0.1, 0.15) is 64.6 Å². The summed E-state index contributed by atoms with van der Waals surface area (Å²) in [5.74, 6) is 0.282. The quantitative estimate of drug-likeness (QED) is 0.523. The summed E-state index contributed by atoms with van der Waals surface area (Å²) in [6.45, 7) is 11.6. The number of carbonyl (C=O) groups excluding carboxylic acids is 2. The van der Waals surface area contributed by atoms with Crippen molar-refractivity contribution in [3.63, 3.8) is 0 Å². The normalized spacial score (nSPS) is 19.0. The molecule has 4 rings (SSSR count). The molecular formula is C28H43N7O3. The Balaban J connectivity index is 1.30. The SMILES string of the molecule is CC(C)c1cc(NC2CCN(C(=O)OC3CCN(C(=O)/C=C/CN(C)C)C3)CC2)c2ncn(C(C)C)c2n1. The summed E-state index contributed by atoms with van der Waals surface area (Å²) in [7, 11) is 3.92. The van der Waals surface area contributed by atoms with Crippen molar-refractivity contribution >= 4 is 28.9 Å². The molecule has 0 bridgehead atoms. The molecule has 0 spiro atoms. The van der Waals surface area contributed by atoms with Crippen LogP contribution in [0.15, 0.2) is 24.5 Å². The first-order chi connectivity index (χ1) is 18.1. The van der Waals surface area contributed by atoms with Crippen LogP contribution in [0.5, 0.6) is 0 Å². The molecule has 10 heteroatoms. The van der Waals surface area contributed by atoms with Gasteiger partial charge >= 0.3 is 6.09 Å². The van der Waals surface area contributed by atoms with Crippen molar-refractivity contribution in [3.8, 4) is 0 Å². The molecule has 2 fully saturated rings. The van der Waals surface area contributed by atoms with Gasteiger partial charge in [0.15, 0.2) is 5.65 Å².